The SMILES string of the molecule is CNC(=O)c1cc(=O)n(CCN2CCC(N)CC2)c2cc(C)ccc12.CNC(=O)c1cc(=O)n(CCN2CCC(NCc3ccc4ccccc4c3)CC2)c2cc(C)ccc12. The second-order valence-corrected chi connectivity index (χ2v) is 16.7. The lowest BCUT2D eigenvalue weighted by Crippen LogP contribution is -2.43. The molecule has 4 aromatic carbocycles. The molecular formula is C49H60N8O4. The van der Waals surface area contributed by atoms with E-state index in [1.165, 1.54) is 28.5 Å². The molecule has 2 aliphatic rings. The first-order valence-corrected chi connectivity index (χ1v) is 21.6. The Morgan fingerprint density at radius 2 is 1.10 bits per heavy atom. The molecule has 4 heterocycles. The van der Waals surface area contributed by atoms with Crippen molar-refractivity contribution in [3.8, 4) is 0 Å². The largest absolute Gasteiger partial charge is 0.355 e. The molecule has 0 bridgehead atoms. The van der Waals surface area contributed by atoms with Crippen molar-refractivity contribution in [2.24, 2.45) is 5.73 Å². The molecule has 6 aromatic rings. The highest BCUT2D eigenvalue weighted by molar-refractivity contribution is 6.07. The van der Waals surface area contributed by atoms with Gasteiger partial charge in [-0.25, -0.2) is 0 Å². The minimum Gasteiger partial charge on any atom is -0.355 e. The van der Waals surface area contributed by atoms with Gasteiger partial charge >= 0.3 is 0 Å². The zero-order valence-electron chi connectivity index (χ0n) is 36.0. The van der Waals surface area contributed by atoms with Crippen LogP contribution in [-0.4, -0.2) is 96.2 Å². The number of piperidine rings is 2. The molecule has 2 aromatic heterocycles. The average molecular weight is 825 g/mol. The topological polar surface area (TPSA) is 147 Å². The number of fused-ring (bicyclic) bond motifs is 3. The Bertz CT molecular complexity index is 2640. The monoisotopic (exact) mass is 824 g/mol. The van der Waals surface area contributed by atoms with Crippen molar-refractivity contribution in [3.05, 3.63) is 140 Å². The summed E-state index contributed by atoms with van der Waals surface area (Å²) in [6.07, 6.45) is 4.20. The van der Waals surface area contributed by atoms with Gasteiger partial charge in [0, 0.05) is 81.8 Å². The van der Waals surface area contributed by atoms with Gasteiger partial charge in [-0.1, -0.05) is 60.7 Å². The van der Waals surface area contributed by atoms with Gasteiger partial charge in [0.25, 0.3) is 22.9 Å². The molecule has 0 atom stereocenters. The summed E-state index contributed by atoms with van der Waals surface area (Å²) in [4.78, 5) is 54.9. The van der Waals surface area contributed by atoms with E-state index in [0.717, 1.165) is 104 Å². The Hall–Kier alpha value is -5.66. The third kappa shape index (κ3) is 10.5. The third-order valence-electron chi connectivity index (χ3n) is 12.4. The lowest BCUT2D eigenvalue weighted by Gasteiger charge is -2.32. The second-order valence-electron chi connectivity index (χ2n) is 16.7. The quantitative estimate of drug-likeness (QED) is 0.140. The fourth-order valence-electron chi connectivity index (χ4n) is 8.72. The summed E-state index contributed by atoms with van der Waals surface area (Å²) in [7, 11) is 3.17. The van der Waals surface area contributed by atoms with Crippen molar-refractivity contribution < 1.29 is 9.59 Å². The summed E-state index contributed by atoms with van der Waals surface area (Å²) in [6.45, 7) is 11.7. The third-order valence-corrected chi connectivity index (χ3v) is 12.4. The van der Waals surface area contributed by atoms with E-state index < -0.39 is 0 Å². The van der Waals surface area contributed by atoms with Gasteiger partial charge in [-0.15, -0.1) is 0 Å². The molecule has 5 N–H and O–H groups in total. The molecular weight excluding hydrogens is 765 g/mol. The van der Waals surface area contributed by atoms with Crippen molar-refractivity contribution in [2.45, 2.75) is 71.2 Å². The first-order chi connectivity index (χ1) is 29.5. The fourth-order valence-corrected chi connectivity index (χ4v) is 8.72. The minimum atomic E-state index is -0.233. The molecule has 12 heteroatoms. The van der Waals surface area contributed by atoms with Crippen LogP contribution in [0.5, 0.6) is 0 Å². The fraction of sp³-hybridized carbons (Fsp3) is 0.388. The van der Waals surface area contributed by atoms with Gasteiger partial charge in [0.2, 0.25) is 0 Å². The van der Waals surface area contributed by atoms with E-state index in [0.29, 0.717) is 36.3 Å². The molecule has 0 saturated carbocycles. The smallest absolute Gasteiger partial charge is 0.251 e. The van der Waals surface area contributed by atoms with E-state index in [-0.39, 0.29) is 22.9 Å². The molecule has 12 nitrogen and oxygen atoms in total. The number of carbonyl (C=O) groups is 2. The summed E-state index contributed by atoms with van der Waals surface area (Å²) >= 11 is 0. The van der Waals surface area contributed by atoms with Crippen LogP contribution in [0.25, 0.3) is 32.6 Å². The highest BCUT2D eigenvalue weighted by Crippen LogP contribution is 2.22. The molecule has 2 amide bonds. The lowest BCUT2D eigenvalue weighted by atomic mass is 10.0. The average Bonchev–Trinajstić information content (AvgIpc) is 3.27. The molecule has 0 spiro atoms. The van der Waals surface area contributed by atoms with Crippen LogP contribution in [0.15, 0.2) is 101 Å². The molecule has 2 fully saturated rings. The number of pyridine rings is 2. The number of aromatic nitrogens is 2. The maximum Gasteiger partial charge on any atom is 0.251 e. The minimum absolute atomic E-state index is 0.126. The number of nitrogens with zero attached hydrogens (tertiary/aromatic N) is 4. The van der Waals surface area contributed by atoms with Crippen molar-refractivity contribution in [2.75, 3.05) is 53.4 Å². The predicted molar refractivity (Wildman–Crippen MR) is 247 cm³/mol. The van der Waals surface area contributed by atoms with Crippen molar-refractivity contribution in [1.82, 2.24) is 34.9 Å². The highest BCUT2D eigenvalue weighted by atomic mass is 16.2. The van der Waals surface area contributed by atoms with Crippen LogP contribution in [0.3, 0.4) is 0 Å². The van der Waals surface area contributed by atoms with Crippen LogP contribution in [0.4, 0.5) is 0 Å². The van der Waals surface area contributed by atoms with E-state index >= 15 is 0 Å². The number of likely N-dealkylation sites (tertiary alicyclic amines) is 2. The summed E-state index contributed by atoms with van der Waals surface area (Å²) < 4.78 is 3.60. The van der Waals surface area contributed by atoms with Crippen LogP contribution in [0.2, 0.25) is 0 Å². The van der Waals surface area contributed by atoms with E-state index in [2.05, 4.69) is 68.2 Å². The van der Waals surface area contributed by atoms with E-state index in [9.17, 15) is 19.2 Å². The molecule has 8 rings (SSSR count). The van der Waals surface area contributed by atoms with E-state index in [1.807, 2.05) is 54.8 Å². The Labute approximate surface area is 357 Å². The maximum absolute atomic E-state index is 13.0. The number of benzene rings is 4. The number of carbonyl (C=O) groups excluding carboxylic acids is 2. The lowest BCUT2D eigenvalue weighted by molar-refractivity contribution is 0.0956. The number of amides is 2. The Balaban J connectivity index is 0.000000197. The van der Waals surface area contributed by atoms with Crippen molar-refractivity contribution >= 4 is 44.4 Å². The summed E-state index contributed by atoms with van der Waals surface area (Å²) in [5.41, 5.74) is 11.7. The number of aryl methyl sites for hydroxylation is 2. The number of rotatable bonds is 11. The van der Waals surface area contributed by atoms with Gasteiger partial charge in [-0.2, -0.15) is 0 Å². The van der Waals surface area contributed by atoms with Crippen molar-refractivity contribution in [1.29, 1.82) is 0 Å². The molecule has 2 saturated heterocycles. The van der Waals surface area contributed by atoms with Crippen LogP contribution < -0.4 is 32.8 Å². The Morgan fingerprint density at radius 1 is 0.607 bits per heavy atom. The Kier molecular flexibility index (Phi) is 14.1. The van der Waals surface area contributed by atoms with Gasteiger partial charge in [0.15, 0.2) is 0 Å². The van der Waals surface area contributed by atoms with Crippen LogP contribution in [-0.2, 0) is 19.6 Å². The van der Waals surface area contributed by atoms with Crippen LogP contribution in [0, 0.1) is 13.8 Å². The van der Waals surface area contributed by atoms with Gasteiger partial charge in [-0.3, -0.25) is 19.2 Å². The first kappa shape index (κ1) is 43.4. The number of nitrogens with one attached hydrogen (secondary N) is 3. The van der Waals surface area contributed by atoms with Crippen LogP contribution in [0.1, 0.15) is 63.1 Å². The summed E-state index contributed by atoms with van der Waals surface area (Å²) in [5.74, 6) is -0.463. The molecule has 320 valence electrons. The normalized spacial score (nSPS) is 15.5. The van der Waals surface area contributed by atoms with Gasteiger partial charge < -0.3 is 40.6 Å². The summed E-state index contributed by atoms with van der Waals surface area (Å²) in [6, 6.07) is 30.7. The number of hydrogen-bond acceptors (Lipinski definition) is 8. The molecule has 2 aliphatic heterocycles. The summed E-state index contributed by atoms with van der Waals surface area (Å²) in [5, 5.41) is 13.2. The Morgan fingerprint density at radius 3 is 1.61 bits per heavy atom. The van der Waals surface area contributed by atoms with Gasteiger partial charge in [0.05, 0.1) is 22.2 Å². The van der Waals surface area contributed by atoms with Crippen LogP contribution >= 0.6 is 0 Å². The standard InChI is InChI=1S/C30H34N4O2.C19H26N4O2/c1-21-7-10-26-27(30(36)31-2)19-29(35)34(28(26)17-21)16-15-33-13-11-25(12-14-33)32-20-22-8-9-23-5-3-4-6-24(23)18-22;1-13-3-4-15-16(19(25)21-2)12-18(24)23(17(15)11-13)10-9-22-7-5-14(20)6-8-22/h3-10,17-19,25,32H,11-16,20H2,1-2H3,(H,31,36);3-4,11-12,14H,5-10,20H2,1-2H3,(H,21,25). The molecule has 0 unspecified atom stereocenters. The highest BCUT2D eigenvalue weighted by Gasteiger charge is 2.21. The zero-order valence-corrected chi connectivity index (χ0v) is 36.0. The second kappa shape index (κ2) is 19.8. The molecule has 0 aliphatic carbocycles. The predicted octanol–water partition coefficient (Wildman–Crippen LogP) is 5.17. The van der Waals surface area contributed by atoms with E-state index in [4.69, 9.17) is 5.73 Å². The van der Waals surface area contributed by atoms with Gasteiger partial charge in [-0.05, 0) is 111 Å². The molecule has 61 heavy (non-hydrogen) atoms. The van der Waals surface area contributed by atoms with Gasteiger partial charge in [0.1, 0.15) is 0 Å². The van der Waals surface area contributed by atoms with Crippen molar-refractivity contribution in [3.63, 3.8) is 0 Å². The number of hydrogen-bond donors (Lipinski definition) is 4. The first-order valence-electron chi connectivity index (χ1n) is 21.6. The zero-order chi connectivity index (χ0) is 43.0. The maximum atomic E-state index is 13.0. The number of nitrogens with two attached hydrogens (primary N) is 1. The molecule has 0 radical (unpaired) electrons. The van der Waals surface area contributed by atoms with E-state index in [1.54, 1.807) is 18.7 Å².